The largest absolute Gasteiger partial charge is 0.480 e. The second-order valence-corrected chi connectivity index (χ2v) is 4.31. The smallest absolute Gasteiger partial charge is 0.326 e. The van der Waals surface area contributed by atoms with E-state index in [1.54, 1.807) is 6.07 Å². The summed E-state index contributed by atoms with van der Waals surface area (Å²) in [4.78, 5) is 33.0. The minimum atomic E-state index is -1.11. The number of benzene rings is 1. The van der Waals surface area contributed by atoms with Crippen LogP contribution in [0.2, 0.25) is 0 Å². The Kier molecular flexibility index (Phi) is 5.64. The summed E-state index contributed by atoms with van der Waals surface area (Å²) >= 11 is 0. The molecule has 20 heavy (non-hydrogen) atoms. The number of para-hydroxylation sites is 1. The molecule has 0 unspecified atom stereocenters. The number of amides is 1. The van der Waals surface area contributed by atoms with Crippen molar-refractivity contribution in [1.29, 1.82) is 0 Å². The quantitative estimate of drug-likeness (QED) is 0.581. The molecule has 1 amide bonds. The highest BCUT2D eigenvalue weighted by atomic mass is 16.6. The Bertz CT molecular complexity index is 515. The Morgan fingerprint density at radius 3 is 2.60 bits per heavy atom. The molecule has 0 heterocycles. The second-order valence-electron chi connectivity index (χ2n) is 4.31. The monoisotopic (exact) mass is 280 g/mol. The summed E-state index contributed by atoms with van der Waals surface area (Å²) in [6, 6.07) is 4.93. The zero-order valence-corrected chi connectivity index (χ0v) is 11.0. The van der Waals surface area contributed by atoms with Crippen molar-refractivity contribution < 1.29 is 19.6 Å². The Labute approximate surface area is 115 Å². The predicted molar refractivity (Wildman–Crippen MR) is 71.3 cm³/mol. The van der Waals surface area contributed by atoms with Crippen molar-refractivity contribution in [3.63, 3.8) is 0 Å². The molecule has 2 N–H and O–H groups in total. The van der Waals surface area contributed by atoms with E-state index < -0.39 is 22.8 Å². The van der Waals surface area contributed by atoms with Crippen LogP contribution in [-0.4, -0.2) is 27.9 Å². The first kappa shape index (κ1) is 15.6. The van der Waals surface area contributed by atoms with Gasteiger partial charge in [-0.2, -0.15) is 0 Å². The lowest BCUT2D eigenvalue weighted by atomic mass is 10.1. The van der Waals surface area contributed by atoms with E-state index in [9.17, 15) is 19.7 Å². The topological polar surface area (TPSA) is 110 Å². The number of nitro benzene ring substituents is 1. The summed E-state index contributed by atoms with van der Waals surface area (Å²) in [5.74, 6) is -1.65. The highest BCUT2D eigenvalue weighted by molar-refractivity contribution is 5.85. The van der Waals surface area contributed by atoms with E-state index in [1.807, 2.05) is 6.92 Å². The third kappa shape index (κ3) is 4.34. The van der Waals surface area contributed by atoms with Gasteiger partial charge in [-0.05, 0) is 6.42 Å². The lowest BCUT2D eigenvalue weighted by molar-refractivity contribution is -0.385. The van der Waals surface area contributed by atoms with Crippen LogP contribution in [0, 0.1) is 10.1 Å². The molecule has 0 bridgehead atoms. The van der Waals surface area contributed by atoms with Crippen molar-refractivity contribution in [1.82, 2.24) is 5.32 Å². The number of aliphatic carboxylic acids is 1. The number of rotatable bonds is 7. The van der Waals surface area contributed by atoms with E-state index in [4.69, 9.17) is 5.11 Å². The van der Waals surface area contributed by atoms with Gasteiger partial charge in [0.25, 0.3) is 5.69 Å². The van der Waals surface area contributed by atoms with Gasteiger partial charge in [-0.1, -0.05) is 31.5 Å². The molecule has 7 nitrogen and oxygen atoms in total. The maximum atomic E-state index is 11.8. The number of carboxylic acids is 1. The maximum absolute atomic E-state index is 11.8. The number of carbonyl (C=O) groups excluding carboxylic acids is 1. The zero-order chi connectivity index (χ0) is 15.1. The second kappa shape index (κ2) is 7.22. The third-order valence-electron chi connectivity index (χ3n) is 2.75. The molecule has 0 saturated heterocycles. The van der Waals surface area contributed by atoms with Crippen LogP contribution in [0.1, 0.15) is 25.3 Å². The summed E-state index contributed by atoms with van der Waals surface area (Å²) in [6.45, 7) is 1.81. The van der Waals surface area contributed by atoms with Gasteiger partial charge in [0.05, 0.1) is 11.3 Å². The van der Waals surface area contributed by atoms with Crippen molar-refractivity contribution in [2.24, 2.45) is 0 Å². The number of carbonyl (C=O) groups is 2. The number of nitro groups is 1. The zero-order valence-electron chi connectivity index (χ0n) is 11.0. The molecule has 1 atom stereocenters. The number of hydrogen-bond donors (Lipinski definition) is 2. The summed E-state index contributed by atoms with van der Waals surface area (Å²) in [6.07, 6.45) is 0.714. The normalized spacial score (nSPS) is 11.7. The van der Waals surface area contributed by atoms with Crippen LogP contribution in [0.4, 0.5) is 5.69 Å². The molecule has 1 rings (SSSR count). The first-order valence-corrected chi connectivity index (χ1v) is 6.20. The molecular formula is C13H16N2O5. The molecule has 0 saturated carbocycles. The molecular weight excluding hydrogens is 264 g/mol. The molecule has 0 aliphatic carbocycles. The molecule has 0 aliphatic rings. The van der Waals surface area contributed by atoms with Gasteiger partial charge < -0.3 is 10.4 Å². The molecule has 0 aliphatic heterocycles. The fourth-order valence-electron chi connectivity index (χ4n) is 1.80. The Hall–Kier alpha value is -2.44. The lowest BCUT2D eigenvalue weighted by Crippen LogP contribution is -2.41. The van der Waals surface area contributed by atoms with E-state index in [-0.39, 0.29) is 17.7 Å². The van der Waals surface area contributed by atoms with Crippen LogP contribution < -0.4 is 5.32 Å². The number of nitrogens with zero attached hydrogens (tertiary/aromatic N) is 1. The predicted octanol–water partition coefficient (Wildman–Crippen LogP) is 1.51. The molecule has 1 aromatic carbocycles. The first-order chi connectivity index (χ1) is 9.45. The standard InChI is InChI=1S/C13H16N2O5/c1-2-5-10(13(17)18)14-12(16)8-9-6-3-4-7-11(9)15(19)20/h3-4,6-7,10H,2,5,8H2,1H3,(H,14,16)(H,17,18)/t10-/m0/s1. The number of hydrogen-bond acceptors (Lipinski definition) is 4. The minimum absolute atomic E-state index is 0.148. The van der Waals surface area contributed by atoms with E-state index >= 15 is 0 Å². The molecule has 0 spiro atoms. The lowest BCUT2D eigenvalue weighted by Gasteiger charge is -2.13. The van der Waals surface area contributed by atoms with E-state index in [2.05, 4.69) is 5.32 Å². The van der Waals surface area contributed by atoms with Gasteiger partial charge in [-0.25, -0.2) is 4.79 Å². The number of nitrogens with one attached hydrogen (secondary N) is 1. The van der Waals surface area contributed by atoms with Crippen LogP contribution in [0.3, 0.4) is 0 Å². The fourth-order valence-corrected chi connectivity index (χ4v) is 1.80. The van der Waals surface area contributed by atoms with Crippen molar-refractivity contribution in [3.8, 4) is 0 Å². The first-order valence-electron chi connectivity index (χ1n) is 6.20. The van der Waals surface area contributed by atoms with E-state index in [0.29, 0.717) is 12.8 Å². The van der Waals surface area contributed by atoms with Gasteiger partial charge in [0.15, 0.2) is 0 Å². The van der Waals surface area contributed by atoms with Crippen molar-refractivity contribution in [2.45, 2.75) is 32.2 Å². The maximum Gasteiger partial charge on any atom is 0.326 e. The molecule has 1 aromatic rings. The third-order valence-corrected chi connectivity index (χ3v) is 2.75. The Morgan fingerprint density at radius 1 is 1.40 bits per heavy atom. The molecule has 108 valence electrons. The van der Waals surface area contributed by atoms with Crippen LogP contribution in [0.15, 0.2) is 24.3 Å². The van der Waals surface area contributed by atoms with Crippen molar-refractivity contribution in [2.75, 3.05) is 0 Å². The van der Waals surface area contributed by atoms with Crippen LogP contribution in [0.5, 0.6) is 0 Å². The highest BCUT2D eigenvalue weighted by Crippen LogP contribution is 2.18. The molecule has 0 aromatic heterocycles. The number of carboxylic acid groups (broad SMARTS) is 1. The summed E-state index contributed by atoms with van der Waals surface area (Å²) in [5.41, 5.74) is 0.112. The van der Waals surface area contributed by atoms with Crippen molar-refractivity contribution >= 4 is 17.6 Å². The van der Waals surface area contributed by atoms with Crippen LogP contribution in [0.25, 0.3) is 0 Å². The SMILES string of the molecule is CCC[C@H](NC(=O)Cc1ccccc1[N+](=O)[O-])C(=O)O. The van der Waals surface area contributed by atoms with Gasteiger partial charge in [0.1, 0.15) is 6.04 Å². The average Bonchev–Trinajstić information content (AvgIpc) is 2.38. The summed E-state index contributed by atoms with van der Waals surface area (Å²) in [5, 5.41) is 22.1. The summed E-state index contributed by atoms with van der Waals surface area (Å²) in [7, 11) is 0. The Balaban J connectivity index is 2.76. The van der Waals surface area contributed by atoms with Gasteiger partial charge in [0, 0.05) is 11.6 Å². The molecule has 0 radical (unpaired) electrons. The van der Waals surface area contributed by atoms with Gasteiger partial charge in [-0.3, -0.25) is 14.9 Å². The van der Waals surface area contributed by atoms with Crippen LogP contribution >= 0.6 is 0 Å². The minimum Gasteiger partial charge on any atom is -0.480 e. The average molecular weight is 280 g/mol. The Morgan fingerprint density at radius 2 is 2.05 bits per heavy atom. The van der Waals surface area contributed by atoms with Gasteiger partial charge in [0.2, 0.25) is 5.91 Å². The van der Waals surface area contributed by atoms with Crippen molar-refractivity contribution in [3.05, 3.63) is 39.9 Å². The van der Waals surface area contributed by atoms with E-state index in [1.165, 1.54) is 18.2 Å². The highest BCUT2D eigenvalue weighted by Gasteiger charge is 2.21. The molecule has 7 heteroatoms. The van der Waals surface area contributed by atoms with Crippen LogP contribution in [-0.2, 0) is 16.0 Å². The fraction of sp³-hybridized carbons (Fsp3) is 0.385. The summed E-state index contributed by atoms with van der Waals surface area (Å²) < 4.78 is 0. The van der Waals surface area contributed by atoms with Gasteiger partial charge in [-0.15, -0.1) is 0 Å². The van der Waals surface area contributed by atoms with Gasteiger partial charge >= 0.3 is 5.97 Å². The van der Waals surface area contributed by atoms with E-state index in [0.717, 1.165) is 0 Å². The molecule has 0 fully saturated rings.